The molecule has 0 N–H and O–H groups in total. The first-order valence-corrected chi connectivity index (χ1v) is 11.0. The highest BCUT2D eigenvalue weighted by atomic mass is 16.5. The lowest BCUT2D eigenvalue weighted by Crippen LogP contribution is -2.04. The van der Waals surface area contributed by atoms with Crippen LogP contribution >= 0.6 is 0 Å². The van der Waals surface area contributed by atoms with Crippen molar-refractivity contribution < 1.29 is 4.74 Å². The van der Waals surface area contributed by atoms with E-state index in [9.17, 15) is 0 Å². The van der Waals surface area contributed by atoms with Crippen molar-refractivity contribution in [1.29, 1.82) is 0 Å². The summed E-state index contributed by atoms with van der Waals surface area (Å²) in [6.07, 6.45) is 3.54. The molecule has 1 aliphatic heterocycles. The van der Waals surface area contributed by atoms with Crippen LogP contribution in [0.1, 0.15) is 39.8 Å². The predicted octanol–water partition coefficient (Wildman–Crippen LogP) is 8.00. The van der Waals surface area contributed by atoms with E-state index >= 15 is 0 Å². The number of benzene rings is 4. The van der Waals surface area contributed by atoms with Gasteiger partial charge in [-0.2, -0.15) is 0 Å². The number of hydrogen-bond acceptors (Lipinski definition) is 1. The number of rotatable bonds is 1. The van der Waals surface area contributed by atoms with Gasteiger partial charge in [0.2, 0.25) is 0 Å². The van der Waals surface area contributed by atoms with Gasteiger partial charge in [-0.15, -0.1) is 0 Å². The molecule has 1 heteroatoms. The molecule has 0 spiro atoms. The third-order valence-corrected chi connectivity index (χ3v) is 7.36. The number of para-hydroxylation sites is 1. The number of hydrogen-bond donors (Lipinski definition) is 0. The average Bonchev–Trinajstić information content (AvgIpc) is 3.23. The first-order valence-electron chi connectivity index (χ1n) is 11.0. The Balaban J connectivity index is 1.84. The second-order valence-electron chi connectivity index (χ2n) is 8.97. The summed E-state index contributed by atoms with van der Waals surface area (Å²) in [6, 6.07) is 17.5. The smallest absolute Gasteiger partial charge is 0.135 e. The Morgan fingerprint density at radius 1 is 0.667 bits per heavy atom. The number of aryl methyl sites for hydroxylation is 2. The highest BCUT2D eigenvalue weighted by Crippen LogP contribution is 2.54. The number of ether oxygens (including phenoxy) is 1. The predicted molar refractivity (Wildman–Crippen MR) is 126 cm³/mol. The minimum absolute atomic E-state index is 0.984. The standard InChI is InChI=1S/C29H26O/c1-16-15-17(2)19(4)26(18(16)3)28-21-11-7-10-20(21)27-22-9-5-6-13-24(22)30-25-14-8-12-23(28)29(25)27/h5-6,8-9,12-15H,7,10-11H2,1-4H3. The van der Waals surface area contributed by atoms with Gasteiger partial charge in [0.05, 0.1) is 0 Å². The van der Waals surface area contributed by atoms with Crippen LogP contribution < -0.4 is 4.74 Å². The molecule has 0 aromatic heterocycles. The Labute approximate surface area is 178 Å². The van der Waals surface area contributed by atoms with Crippen LogP contribution in [0.15, 0.2) is 48.5 Å². The Bertz CT molecular complexity index is 1350. The molecular formula is C29H26O. The molecule has 1 aliphatic carbocycles. The minimum Gasteiger partial charge on any atom is -0.456 e. The fourth-order valence-electron chi connectivity index (χ4n) is 5.75. The van der Waals surface area contributed by atoms with E-state index < -0.39 is 0 Å². The molecular weight excluding hydrogens is 364 g/mol. The van der Waals surface area contributed by atoms with Crippen LogP contribution in [-0.2, 0) is 12.8 Å². The van der Waals surface area contributed by atoms with Crippen LogP contribution in [-0.4, -0.2) is 0 Å². The molecule has 0 atom stereocenters. The molecule has 0 saturated carbocycles. The van der Waals surface area contributed by atoms with E-state index in [1.165, 1.54) is 61.7 Å². The minimum atomic E-state index is 0.984. The molecule has 0 unspecified atom stereocenters. The lowest BCUT2D eigenvalue weighted by molar-refractivity contribution is 0.487. The fraction of sp³-hybridized carbons (Fsp3) is 0.241. The summed E-state index contributed by atoms with van der Waals surface area (Å²) < 4.78 is 6.41. The van der Waals surface area contributed by atoms with Crippen molar-refractivity contribution in [2.24, 2.45) is 0 Å². The molecule has 4 aromatic rings. The maximum Gasteiger partial charge on any atom is 0.135 e. The van der Waals surface area contributed by atoms with E-state index in [0.29, 0.717) is 0 Å². The Morgan fingerprint density at radius 2 is 1.33 bits per heavy atom. The van der Waals surface area contributed by atoms with Crippen molar-refractivity contribution >= 4 is 10.8 Å². The molecule has 6 rings (SSSR count). The molecule has 0 radical (unpaired) electrons. The van der Waals surface area contributed by atoms with Gasteiger partial charge in [-0.25, -0.2) is 0 Å². The first kappa shape index (κ1) is 17.8. The van der Waals surface area contributed by atoms with Crippen molar-refractivity contribution in [3.8, 4) is 33.8 Å². The van der Waals surface area contributed by atoms with Gasteiger partial charge >= 0.3 is 0 Å². The van der Waals surface area contributed by atoms with E-state index in [2.05, 4.69) is 76.2 Å². The molecule has 1 nitrogen and oxygen atoms in total. The van der Waals surface area contributed by atoms with E-state index in [1.807, 2.05) is 0 Å². The zero-order valence-electron chi connectivity index (χ0n) is 18.1. The molecule has 0 fully saturated rings. The lowest BCUT2D eigenvalue weighted by Gasteiger charge is -2.27. The molecule has 148 valence electrons. The van der Waals surface area contributed by atoms with E-state index in [4.69, 9.17) is 4.74 Å². The van der Waals surface area contributed by atoms with E-state index in [0.717, 1.165) is 24.3 Å². The maximum atomic E-state index is 6.41. The van der Waals surface area contributed by atoms with Gasteiger partial charge in [-0.3, -0.25) is 0 Å². The normalized spacial score (nSPS) is 13.9. The molecule has 1 heterocycles. The third-order valence-electron chi connectivity index (χ3n) is 7.36. The summed E-state index contributed by atoms with van der Waals surface area (Å²) in [7, 11) is 0. The Hall–Kier alpha value is -3.06. The SMILES string of the molecule is Cc1cc(C)c(C)c(-c2c3c(c4c5c(cccc25)Oc2ccccc2-4)CCC3)c1C. The summed E-state index contributed by atoms with van der Waals surface area (Å²) in [6.45, 7) is 9.07. The van der Waals surface area contributed by atoms with Gasteiger partial charge < -0.3 is 4.74 Å². The van der Waals surface area contributed by atoms with Gasteiger partial charge in [0, 0.05) is 16.5 Å². The zero-order chi connectivity index (χ0) is 20.6. The van der Waals surface area contributed by atoms with Gasteiger partial charge in [0.1, 0.15) is 11.5 Å². The van der Waals surface area contributed by atoms with Crippen LogP contribution in [0.2, 0.25) is 0 Å². The lowest BCUT2D eigenvalue weighted by atomic mass is 9.80. The summed E-state index contributed by atoms with van der Waals surface area (Å²) in [5.41, 5.74) is 14.2. The Morgan fingerprint density at radius 3 is 2.10 bits per heavy atom. The van der Waals surface area contributed by atoms with E-state index in [-0.39, 0.29) is 0 Å². The quantitative estimate of drug-likeness (QED) is 0.282. The highest BCUT2D eigenvalue weighted by molar-refractivity contribution is 6.13. The second-order valence-corrected chi connectivity index (χ2v) is 8.97. The summed E-state index contributed by atoms with van der Waals surface area (Å²) in [5.74, 6) is 1.98. The molecule has 0 saturated heterocycles. The largest absolute Gasteiger partial charge is 0.456 e. The summed E-state index contributed by atoms with van der Waals surface area (Å²) in [5, 5.41) is 2.64. The van der Waals surface area contributed by atoms with Crippen LogP contribution in [0.3, 0.4) is 0 Å². The molecule has 0 amide bonds. The van der Waals surface area contributed by atoms with Crippen molar-refractivity contribution in [3.63, 3.8) is 0 Å². The van der Waals surface area contributed by atoms with Gasteiger partial charge in [0.25, 0.3) is 0 Å². The van der Waals surface area contributed by atoms with Crippen LogP contribution in [0, 0.1) is 27.7 Å². The third kappa shape index (κ3) is 2.24. The van der Waals surface area contributed by atoms with Gasteiger partial charge in [-0.05, 0) is 109 Å². The maximum absolute atomic E-state index is 6.41. The van der Waals surface area contributed by atoms with Gasteiger partial charge in [0.15, 0.2) is 0 Å². The van der Waals surface area contributed by atoms with Crippen molar-refractivity contribution in [1.82, 2.24) is 0 Å². The monoisotopic (exact) mass is 390 g/mol. The summed E-state index contributed by atoms with van der Waals surface area (Å²) >= 11 is 0. The van der Waals surface area contributed by atoms with Gasteiger partial charge in [-0.1, -0.05) is 36.4 Å². The first-order chi connectivity index (χ1) is 14.6. The van der Waals surface area contributed by atoms with Crippen LogP contribution in [0.25, 0.3) is 33.0 Å². The molecule has 4 aromatic carbocycles. The zero-order valence-corrected chi connectivity index (χ0v) is 18.1. The summed E-state index contributed by atoms with van der Waals surface area (Å²) in [4.78, 5) is 0. The fourth-order valence-corrected chi connectivity index (χ4v) is 5.75. The van der Waals surface area contributed by atoms with Crippen molar-refractivity contribution in [2.75, 3.05) is 0 Å². The van der Waals surface area contributed by atoms with Crippen molar-refractivity contribution in [3.05, 3.63) is 81.9 Å². The molecule has 0 bridgehead atoms. The van der Waals surface area contributed by atoms with Crippen molar-refractivity contribution in [2.45, 2.75) is 47.0 Å². The Kier molecular flexibility index (Phi) is 3.68. The van der Waals surface area contributed by atoms with E-state index in [1.54, 1.807) is 11.1 Å². The second kappa shape index (κ2) is 6.22. The topological polar surface area (TPSA) is 9.23 Å². The highest BCUT2D eigenvalue weighted by Gasteiger charge is 2.31. The van der Waals surface area contributed by atoms with Crippen LogP contribution in [0.4, 0.5) is 0 Å². The number of fused-ring (bicyclic) bond motifs is 4. The average molecular weight is 391 g/mol. The molecule has 30 heavy (non-hydrogen) atoms. The molecule has 2 aliphatic rings. The van der Waals surface area contributed by atoms with Crippen LogP contribution in [0.5, 0.6) is 11.5 Å².